The average molecular weight is 306 g/mol. The Morgan fingerprint density at radius 3 is 2.96 bits per heavy atom. The number of nitrogens with one attached hydrogen (secondary N) is 1. The normalized spacial score (nSPS) is 15.5. The highest BCUT2D eigenvalue weighted by molar-refractivity contribution is 5.36. The first-order valence-corrected chi connectivity index (χ1v) is 8.43. The first-order chi connectivity index (χ1) is 11.3. The molecule has 0 saturated heterocycles. The molecule has 0 saturated carbocycles. The minimum absolute atomic E-state index is 0.329. The molecule has 2 heterocycles. The lowest BCUT2D eigenvalue weighted by molar-refractivity contribution is 0.569. The summed E-state index contributed by atoms with van der Waals surface area (Å²) < 4.78 is 1.82. The van der Waals surface area contributed by atoms with E-state index in [2.05, 4.69) is 40.5 Å². The minimum atomic E-state index is 0.329. The second-order valence-electron chi connectivity index (χ2n) is 6.43. The first-order valence-electron chi connectivity index (χ1n) is 8.43. The number of benzene rings is 1. The highest BCUT2D eigenvalue weighted by Gasteiger charge is 2.12. The number of aromatic nitrogens is 3. The average Bonchev–Trinajstić information content (AvgIpc) is 3.07. The van der Waals surface area contributed by atoms with E-state index in [0.29, 0.717) is 6.04 Å². The Balaban J connectivity index is 1.45. The van der Waals surface area contributed by atoms with Crippen LogP contribution in [0.1, 0.15) is 48.1 Å². The van der Waals surface area contributed by atoms with Gasteiger partial charge in [0.1, 0.15) is 0 Å². The summed E-state index contributed by atoms with van der Waals surface area (Å²) in [4.78, 5) is 4.41. The van der Waals surface area contributed by atoms with Gasteiger partial charge in [0.15, 0.2) is 5.65 Å². The van der Waals surface area contributed by atoms with Crippen molar-refractivity contribution in [3.05, 3.63) is 65.1 Å². The zero-order chi connectivity index (χ0) is 15.6. The predicted octanol–water partition coefficient (Wildman–Crippen LogP) is 3.46. The molecule has 1 aromatic carbocycles. The van der Waals surface area contributed by atoms with E-state index in [1.807, 2.05) is 23.0 Å². The molecule has 3 aromatic rings. The molecule has 1 unspecified atom stereocenters. The summed E-state index contributed by atoms with van der Waals surface area (Å²) in [6.45, 7) is 3.02. The van der Waals surface area contributed by atoms with Gasteiger partial charge in [-0.25, -0.2) is 9.50 Å². The zero-order valence-corrected chi connectivity index (χ0v) is 13.5. The molecule has 0 spiro atoms. The van der Waals surface area contributed by atoms with Crippen molar-refractivity contribution in [2.75, 3.05) is 0 Å². The van der Waals surface area contributed by atoms with Crippen LogP contribution < -0.4 is 5.32 Å². The van der Waals surface area contributed by atoms with Crippen molar-refractivity contribution in [3.63, 3.8) is 0 Å². The highest BCUT2D eigenvalue weighted by atomic mass is 15.2. The fraction of sp³-hybridized carbons (Fsp3) is 0.368. The number of hydrogen-bond acceptors (Lipinski definition) is 3. The molecule has 1 atom stereocenters. The van der Waals surface area contributed by atoms with Gasteiger partial charge in [-0.3, -0.25) is 0 Å². The van der Waals surface area contributed by atoms with Crippen molar-refractivity contribution in [3.8, 4) is 0 Å². The fourth-order valence-corrected chi connectivity index (χ4v) is 3.35. The molecule has 4 nitrogen and oxygen atoms in total. The van der Waals surface area contributed by atoms with Crippen molar-refractivity contribution in [1.29, 1.82) is 0 Å². The molecule has 118 valence electrons. The van der Waals surface area contributed by atoms with Gasteiger partial charge in [0.05, 0.1) is 6.20 Å². The quantitative estimate of drug-likeness (QED) is 0.802. The van der Waals surface area contributed by atoms with Gasteiger partial charge in [-0.2, -0.15) is 5.10 Å². The SMILES string of the molecule is CC(NCc1cnc2ccnn2c1)c1ccc2c(c1)CCCC2. The van der Waals surface area contributed by atoms with E-state index in [1.54, 1.807) is 17.3 Å². The fourth-order valence-electron chi connectivity index (χ4n) is 3.35. The molecule has 23 heavy (non-hydrogen) atoms. The molecule has 0 aliphatic heterocycles. The Bertz CT molecular complexity index is 821. The van der Waals surface area contributed by atoms with Crippen molar-refractivity contribution in [2.45, 2.75) is 45.2 Å². The lowest BCUT2D eigenvalue weighted by Crippen LogP contribution is -2.19. The van der Waals surface area contributed by atoms with Crippen LogP contribution in [-0.4, -0.2) is 14.6 Å². The third kappa shape index (κ3) is 2.99. The first kappa shape index (κ1) is 14.4. The van der Waals surface area contributed by atoms with Crippen LogP contribution in [0.3, 0.4) is 0 Å². The Morgan fingerprint density at radius 1 is 1.17 bits per heavy atom. The summed E-state index contributed by atoms with van der Waals surface area (Å²) >= 11 is 0. The van der Waals surface area contributed by atoms with E-state index in [0.717, 1.165) is 17.8 Å². The molecule has 0 radical (unpaired) electrons. The lowest BCUT2D eigenvalue weighted by Gasteiger charge is -2.20. The summed E-state index contributed by atoms with van der Waals surface area (Å²) in [5.41, 5.74) is 6.49. The Kier molecular flexibility index (Phi) is 3.83. The van der Waals surface area contributed by atoms with E-state index in [9.17, 15) is 0 Å². The highest BCUT2D eigenvalue weighted by Crippen LogP contribution is 2.24. The minimum Gasteiger partial charge on any atom is -0.306 e. The van der Waals surface area contributed by atoms with Crippen molar-refractivity contribution in [1.82, 2.24) is 19.9 Å². The lowest BCUT2D eigenvalue weighted by atomic mass is 9.89. The second-order valence-corrected chi connectivity index (χ2v) is 6.43. The Morgan fingerprint density at radius 2 is 2.04 bits per heavy atom. The van der Waals surface area contributed by atoms with Crippen LogP contribution in [0, 0.1) is 0 Å². The maximum atomic E-state index is 4.41. The molecular formula is C19H22N4. The van der Waals surface area contributed by atoms with Gasteiger partial charge in [0, 0.05) is 36.6 Å². The standard InChI is InChI=1S/C19H22N4/c1-14(17-7-6-16-4-2-3-5-18(16)10-17)20-11-15-12-21-19-8-9-22-23(19)13-15/h6-10,12-14,20H,2-5,11H2,1H3. The smallest absolute Gasteiger partial charge is 0.154 e. The van der Waals surface area contributed by atoms with Crippen molar-refractivity contribution in [2.24, 2.45) is 0 Å². The molecule has 4 heteroatoms. The molecule has 0 fully saturated rings. The van der Waals surface area contributed by atoms with E-state index in [1.165, 1.54) is 31.2 Å². The summed E-state index contributed by atoms with van der Waals surface area (Å²) in [5.74, 6) is 0. The Hall–Kier alpha value is -2.20. The van der Waals surface area contributed by atoms with Crippen LogP contribution in [0.25, 0.3) is 5.65 Å². The maximum absolute atomic E-state index is 4.41. The molecule has 0 amide bonds. The molecule has 4 rings (SSSR count). The van der Waals surface area contributed by atoms with Crippen LogP contribution in [-0.2, 0) is 19.4 Å². The van der Waals surface area contributed by atoms with E-state index >= 15 is 0 Å². The van der Waals surface area contributed by atoms with Gasteiger partial charge >= 0.3 is 0 Å². The van der Waals surface area contributed by atoms with Gasteiger partial charge in [-0.15, -0.1) is 0 Å². The zero-order valence-electron chi connectivity index (χ0n) is 13.5. The topological polar surface area (TPSA) is 42.2 Å². The molecular weight excluding hydrogens is 284 g/mol. The summed E-state index contributed by atoms with van der Waals surface area (Å²) in [6.07, 6.45) is 10.9. The van der Waals surface area contributed by atoms with Gasteiger partial charge < -0.3 is 5.32 Å². The molecule has 1 aliphatic rings. The van der Waals surface area contributed by atoms with Crippen LogP contribution in [0.4, 0.5) is 0 Å². The van der Waals surface area contributed by atoms with Gasteiger partial charge in [-0.1, -0.05) is 18.2 Å². The van der Waals surface area contributed by atoms with Crippen LogP contribution >= 0.6 is 0 Å². The van der Waals surface area contributed by atoms with E-state index < -0.39 is 0 Å². The Labute approximate surface area is 136 Å². The second kappa shape index (κ2) is 6.13. The van der Waals surface area contributed by atoms with Crippen LogP contribution in [0.2, 0.25) is 0 Å². The largest absolute Gasteiger partial charge is 0.306 e. The third-order valence-corrected chi connectivity index (χ3v) is 4.79. The molecule has 1 aliphatic carbocycles. The summed E-state index contributed by atoms with van der Waals surface area (Å²) in [6, 6.07) is 9.22. The van der Waals surface area contributed by atoms with Gasteiger partial charge in [-0.05, 0) is 49.3 Å². The summed E-state index contributed by atoms with van der Waals surface area (Å²) in [7, 11) is 0. The van der Waals surface area contributed by atoms with Gasteiger partial charge in [0.2, 0.25) is 0 Å². The monoisotopic (exact) mass is 306 g/mol. The maximum Gasteiger partial charge on any atom is 0.154 e. The molecule has 2 aromatic heterocycles. The van der Waals surface area contributed by atoms with Crippen molar-refractivity contribution < 1.29 is 0 Å². The number of aryl methyl sites for hydroxylation is 2. The van der Waals surface area contributed by atoms with E-state index in [-0.39, 0.29) is 0 Å². The molecule has 1 N–H and O–H groups in total. The van der Waals surface area contributed by atoms with Crippen LogP contribution in [0.15, 0.2) is 42.9 Å². The summed E-state index contributed by atoms with van der Waals surface area (Å²) in [5, 5.41) is 7.84. The van der Waals surface area contributed by atoms with Crippen LogP contribution in [0.5, 0.6) is 0 Å². The van der Waals surface area contributed by atoms with Crippen molar-refractivity contribution >= 4 is 5.65 Å². The third-order valence-electron chi connectivity index (χ3n) is 4.79. The number of fused-ring (bicyclic) bond motifs is 2. The number of nitrogens with zero attached hydrogens (tertiary/aromatic N) is 3. The molecule has 0 bridgehead atoms. The predicted molar refractivity (Wildman–Crippen MR) is 91.3 cm³/mol. The number of hydrogen-bond donors (Lipinski definition) is 1. The number of rotatable bonds is 4. The van der Waals surface area contributed by atoms with Gasteiger partial charge in [0.25, 0.3) is 0 Å². The van der Waals surface area contributed by atoms with E-state index in [4.69, 9.17) is 0 Å².